The Morgan fingerprint density at radius 1 is 1.24 bits per heavy atom. The third-order valence-corrected chi connectivity index (χ3v) is 5.83. The fraction of sp³-hybridized carbons (Fsp3) is 0.857. The monoisotopic (exact) mass is 249 g/mol. The fourth-order valence-corrected chi connectivity index (χ4v) is 5.49. The van der Waals surface area contributed by atoms with Gasteiger partial charge in [-0.2, -0.15) is 5.26 Å². The first-order valence-electron chi connectivity index (χ1n) is 6.72. The van der Waals surface area contributed by atoms with Crippen molar-refractivity contribution in [3.05, 3.63) is 0 Å². The van der Waals surface area contributed by atoms with Crippen molar-refractivity contribution in [3.8, 4) is 5.40 Å². The van der Waals surface area contributed by atoms with Gasteiger partial charge < -0.3 is 0 Å². The molecule has 1 atom stereocenters. The molecule has 4 saturated carbocycles. The van der Waals surface area contributed by atoms with Gasteiger partial charge in [0.2, 0.25) is 0 Å². The number of hydrogen-bond acceptors (Lipinski definition) is 3. The largest absolute Gasteiger partial charge is 0.298 e. The fourth-order valence-electron chi connectivity index (χ4n) is 4.98. The summed E-state index contributed by atoms with van der Waals surface area (Å²) in [6.07, 6.45) is 7.46. The van der Waals surface area contributed by atoms with Crippen LogP contribution in [0, 0.1) is 33.8 Å². The smallest absolute Gasteiger partial charge is 0.152 e. The Bertz CT molecular complexity index is 349. The molecule has 0 radical (unpaired) electrons. The van der Waals surface area contributed by atoms with E-state index < -0.39 is 0 Å². The topological polar surface area (TPSA) is 40.9 Å². The maximum Gasteiger partial charge on any atom is 0.152 e. The molecule has 0 aromatic heterocycles. The summed E-state index contributed by atoms with van der Waals surface area (Å²) in [6, 6.07) is 0. The van der Waals surface area contributed by atoms with Crippen molar-refractivity contribution < 1.29 is 4.79 Å². The molecular weight excluding hydrogens is 230 g/mol. The van der Waals surface area contributed by atoms with Gasteiger partial charge in [-0.3, -0.25) is 4.79 Å². The van der Waals surface area contributed by atoms with Crippen LogP contribution in [0.3, 0.4) is 0 Å². The van der Waals surface area contributed by atoms with E-state index in [2.05, 4.69) is 5.40 Å². The molecule has 0 N–H and O–H groups in total. The van der Waals surface area contributed by atoms with Crippen LogP contribution in [-0.4, -0.2) is 11.0 Å². The number of Topliss-reactive ketones (excluding diaryl/α,β-unsaturated/α-hetero) is 1. The van der Waals surface area contributed by atoms with Gasteiger partial charge in [0.25, 0.3) is 0 Å². The minimum atomic E-state index is -0.128. The molecule has 0 saturated heterocycles. The van der Waals surface area contributed by atoms with Crippen molar-refractivity contribution in [2.24, 2.45) is 23.2 Å². The highest BCUT2D eigenvalue weighted by Crippen LogP contribution is 2.60. The number of hydrogen-bond donors (Lipinski definition) is 0. The minimum absolute atomic E-state index is 0.0297. The molecule has 17 heavy (non-hydrogen) atoms. The summed E-state index contributed by atoms with van der Waals surface area (Å²) < 4.78 is 0. The van der Waals surface area contributed by atoms with Gasteiger partial charge in [-0.05, 0) is 75.0 Å². The van der Waals surface area contributed by atoms with Gasteiger partial charge in [0.15, 0.2) is 5.78 Å². The Morgan fingerprint density at radius 2 is 1.71 bits per heavy atom. The van der Waals surface area contributed by atoms with Gasteiger partial charge in [0, 0.05) is 5.41 Å². The first kappa shape index (κ1) is 11.6. The number of ketones is 1. The van der Waals surface area contributed by atoms with Crippen LogP contribution in [0.4, 0.5) is 0 Å². The first-order chi connectivity index (χ1) is 8.13. The Morgan fingerprint density at radius 3 is 2.12 bits per heavy atom. The van der Waals surface area contributed by atoms with Crippen molar-refractivity contribution in [1.29, 1.82) is 5.26 Å². The van der Waals surface area contributed by atoms with Crippen LogP contribution in [-0.2, 0) is 4.79 Å². The van der Waals surface area contributed by atoms with Crippen molar-refractivity contribution in [2.75, 3.05) is 0 Å². The molecule has 4 aliphatic rings. The average molecular weight is 249 g/mol. The van der Waals surface area contributed by atoms with E-state index in [0.29, 0.717) is 5.78 Å². The number of thioether (sulfide) groups is 1. The summed E-state index contributed by atoms with van der Waals surface area (Å²) in [5, 5.41) is 10.7. The van der Waals surface area contributed by atoms with Gasteiger partial charge in [-0.1, -0.05) is 0 Å². The number of rotatable bonds is 3. The highest BCUT2D eigenvalue weighted by molar-refractivity contribution is 8.04. The number of carbonyl (C=O) groups excluding carboxylic acids is 1. The lowest BCUT2D eigenvalue weighted by Gasteiger charge is -2.56. The number of carbonyl (C=O) groups is 1. The van der Waals surface area contributed by atoms with E-state index in [4.69, 9.17) is 5.26 Å². The second-order valence-corrected chi connectivity index (χ2v) is 7.54. The van der Waals surface area contributed by atoms with Crippen molar-refractivity contribution in [2.45, 2.75) is 50.7 Å². The zero-order valence-electron chi connectivity index (χ0n) is 10.3. The Balaban J connectivity index is 1.82. The van der Waals surface area contributed by atoms with Crippen LogP contribution in [0.15, 0.2) is 0 Å². The summed E-state index contributed by atoms with van der Waals surface area (Å²) in [7, 11) is 0. The number of nitriles is 1. The van der Waals surface area contributed by atoms with Crippen LogP contribution < -0.4 is 0 Å². The number of thiocyanates is 1. The van der Waals surface area contributed by atoms with E-state index >= 15 is 0 Å². The predicted molar refractivity (Wildman–Crippen MR) is 68.3 cm³/mol. The van der Waals surface area contributed by atoms with Gasteiger partial charge in [-0.25, -0.2) is 0 Å². The van der Waals surface area contributed by atoms with Crippen LogP contribution in [0.2, 0.25) is 0 Å². The standard InChI is InChI=1S/C14H19NOS/c1-9(17-8-15)13(16)14-5-10-2-11(6-14)4-12(3-10)7-14/h9-12H,2-7H2,1H3/t9-,10?,11?,12?,14?/m0/s1. The van der Waals surface area contributed by atoms with Crippen LogP contribution in [0.25, 0.3) is 0 Å². The molecule has 0 aromatic carbocycles. The lowest BCUT2D eigenvalue weighted by Crippen LogP contribution is -2.51. The summed E-state index contributed by atoms with van der Waals surface area (Å²) >= 11 is 1.14. The van der Waals surface area contributed by atoms with Crippen molar-refractivity contribution in [1.82, 2.24) is 0 Å². The van der Waals surface area contributed by atoms with Crippen molar-refractivity contribution in [3.63, 3.8) is 0 Å². The Labute approximate surface area is 107 Å². The van der Waals surface area contributed by atoms with Crippen LogP contribution in [0.5, 0.6) is 0 Å². The highest BCUT2D eigenvalue weighted by Gasteiger charge is 2.55. The van der Waals surface area contributed by atoms with Gasteiger partial charge in [-0.15, -0.1) is 0 Å². The normalized spacial score (nSPS) is 44.4. The quantitative estimate of drug-likeness (QED) is 0.720. The molecule has 0 aromatic rings. The van der Waals surface area contributed by atoms with E-state index in [-0.39, 0.29) is 10.7 Å². The summed E-state index contributed by atoms with van der Waals surface area (Å²) in [5.74, 6) is 2.81. The maximum absolute atomic E-state index is 12.6. The van der Waals surface area contributed by atoms with Crippen LogP contribution in [0.1, 0.15) is 45.4 Å². The SMILES string of the molecule is C[C@H](SC#N)C(=O)C12CC3CC(CC(C3)C1)C2. The summed E-state index contributed by atoms with van der Waals surface area (Å²) in [5.41, 5.74) is -0.0297. The molecule has 2 nitrogen and oxygen atoms in total. The molecule has 4 fully saturated rings. The highest BCUT2D eigenvalue weighted by atomic mass is 32.2. The second-order valence-electron chi connectivity index (χ2n) is 6.41. The molecule has 0 heterocycles. The molecule has 0 unspecified atom stereocenters. The predicted octanol–water partition coefficient (Wildman–Crippen LogP) is 3.37. The maximum atomic E-state index is 12.6. The van der Waals surface area contributed by atoms with E-state index in [1.165, 1.54) is 19.3 Å². The number of nitrogens with zero attached hydrogens (tertiary/aromatic N) is 1. The molecule has 0 amide bonds. The molecule has 4 rings (SSSR count). The zero-order valence-corrected chi connectivity index (χ0v) is 11.1. The van der Waals surface area contributed by atoms with Crippen LogP contribution >= 0.6 is 11.8 Å². The molecule has 3 heteroatoms. The molecule has 4 bridgehead atoms. The minimum Gasteiger partial charge on any atom is -0.298 e. The lowest BCUT2D eigenvalue weighted by molar-refractivity contribution is -0.142. The lowest BCUT2D eigenvalue weighted by atomic mass is 9.48. The van der Waals surface area contributed by atoms with Gasteiger partial charge in [0.05, 0.1) is 5.25 Å². The Kier molecular flexibility index (Phi) is 2.74. The third-order valence-electron chi connectivity index (χ3n) is 5.16. The van der Waals surface area contributed by atoms with Gasteiger partial charge in [0.1, 0.15) is 5.40 Å². The summed E-state index contributed by atoms with van der Waals surface area (Å²) in [4.78, 5) is 12.6. The second kappa shape index (κ2) is 4.02. The first-order valence-corrected chi connectivity index (χ1v) is 7.60. The molecule has 0 aliphatic heterocycles. The zero-order chi connectivity index (χ0) is 12.0. The molecule has 0 spiro atoms. The van der Waals surface area contributed by atoms with E-state index in [1.807, 2.05) is 6.92 Å². The molecule has 4 aliphatic carbocycles. The van der Waals surface area contributed by atoms with E-state index in [1.54, 1.807) is 0 Å². The molecule has 92 valence electrons. The average Bonchev–Trinajstić information content (AvgIpc) is 2.26. The van der Waals surface area contributed by atoms with Gasteiger partial charge >= 0.3 is 0 Å². The third kappa shape index (κ3) is 1.81. The van der Waals surface area contributed by atoms with E-state index in [0.717, 1.165) is 48.8 Å². The Hall–Kier alpha value is -0.490. The van der Waals surface area contributed by atoms with E-state index in [9.17, 15) is 4.79 Å². The van der Waals surface area contributed by atoms with Crippen molar-refractivity contribution >= 4 is 17.5 Å². The summed E-state index contributed by atoms with van der Waals surface area (Å²) in [6.45, 7) is 1.91. The molecular formula is C14H19NOS.